The number of carbonyl (C=O) groups is 1. The first-order chi connectivity index (χ1) is 11.2. The number of hydrogen-bond donors (Lipinski definition) is 0. The van der Waals surface area contributed by atoms with Gasteiger partial charge in [-0.2, -0.15) is 10.5 Å². The molecule has 114 valence electrons. The van der Waals surface area contributed by atoms with E-state index in [0.717, 1.165) is 11.3 Å². The molecule has 0 fully saturated rings. The van der Waals surface area contributed by atoms with Crippen LogP contribution < -0.4 is 4.90 Å². The van der Waals surface area contributed by atoms with Gasteiger partial charge in [-0.05, 0) is 43.2 Å². The number of amides is 1. The number of para-hydroxylation sites is 1. The van der Waals surface area contributed by atoms with E-state index in [-0.39, 0.29) is 5.91 Å². The highest BCUT2D eigenvalue weighted by Crippen LogP contribution is 2.18. The van der Waals surface area contributed by atoms with Crippen molar-refractivity contribution >= 4 is 11.6 Å². The highest BCUT2D eigenvalue weighted by Gasteiger charge is 2.24. The molecule has 0 saturated heterocycles. The predicted molar refractivity (Wildman–Crippen MR) is 88.4 cm³/mol. The summed E-state index contributed by atoms with van der Waals surface area (Å²) in [5, 5.41) is 18.2. The van der Waals surface area contributed by atoms with Gasteiger partial charge in [0.15, 0.2) is 0 Å². The van der Waals surface area contributed by atoms with Gasteiger partial charge in [-0.3, -0.25) is 4.79 Å². The summed E-state index contributed by atoms with van der Waals surface area (Å²) in [7, 11) is 0. The molecule has 1 unspecified atom stereocenters. The molecule has 2 aromatic rings. The molecule has 0 bridgehead atoms. The van der Waals surface area contributed by atoms with Crippen LogP contribution in [0.15, 0.2) is 54.6 Å². The van der Waals surface area contributed by atoms with Crippen LogP contribution >= 0.6 is 0 Å². The lowest BCUT2D eigenvalue weighted by molar-refractivity contribution is -0.120. The second kappa shape index (κ2) is 7.77. The maximum Gasteiger partial charge on any atom is 0.244 e. The first-order valence-electron chi connectivity index (χ1n) is 7.44. The standard InChI is InChI=1S/C19H17N3O/c1-2-22(18-6-4-3-5-7-18)19(23)17(14-21)12-15-8-10-16(13-20)11-9-15/h3-11,17H,2,12H2,1H3. The van der Waals surface area contributed by atoms with E-state index in [2.05, 4.69) is 12.1 Å². The molecule has 23 heavy (non-hydrogen) atoms. The van der Waals surface area contributed by atoms with E-state index < -0.39 is 5.92 Å². The van der Waals surface area contributed by atoms with Crippen molar-refractivity contribution < 1.29 is 4.79 Å². The normalized spacial score (nSPS) is 11.1. The predicted octanol–water partition coefficient (Wildman–Crippen LogP) is 3.29. The molecule has 0 aliphatic heterocycles. The lowest BCUT2D eigenvalue weighted by Crippen LogP contribution is -2.36. The zero-order chi connectivity index (χ0) is 16.7. The highest BCUT2D eigenvalue weighted by molar-refractivity contribution is 5.96. The minimum Gasteiger partial charge on any atom is -0.312 e. The quantitative estimate of drug-likeness (QED) is 0.851. The number of rotatable bonds is 5. The monoisotopic (exact) mass is 303 g/mol. The van der Waals surface area contributed by atoms with Crippen molar-refractivity contribution in [1.82, 2.24) is 0 Å². The Labute approximate surface area is 136 Å². The molecule has 0 aliphatic rings. The Hall–Kier alpha value is -3.11. The van der Waals surface area contributed by atoms with Gasteiger partial charge in [-0.15, -0.1) is 0 Å². The number of anilines is 1. The van der Waals surface area contributed by atoms with Crippen molar-refractivity contribution in [2.45, 2.75) is 13.3 Å². The van der Waals surface area contributed by atoms with E-state index in [9.17, 15) is 10.1 Å². The molecule has 2 aromatic carbocycles. The van der Waals surface area contributed by atoms with Crippen LogP contribution in [0.5, 0.6) is 0 Å². The fourth-order valence-corrected chi connectivity index (χ4v) is 2.40. The van der Waals surface area contributed by atoms with Crippen LogP contribution in [-0.4, -0.2) is 12.5 Å². The number of carbonyl (C=O) groups excluding carboxylic acids is 1. The Bertz CT molecular complexity index is 739. The Morgan fingerprint density at radius 2 is 1.74 bits per heavy atom. The zero-order valence-electron chi connectivity index (χ0n) is 12.9. The summed E-state index contributed by atoms with van der Waals surface area (Å²) in [6, 6.07) is 20.5. The first-order valence-corrected chi connectivity index (χ1v) is 7.44. The van der Waals surface area contributed by atoms with Crippen LogP contribution in [0.4, 0.5) is 5.69 Å². The van der Waals surface area contributed by atoms with E-state index in [4.69, 9.17) is 5.26 Å². The molecule has 0 heterocycles. The smallest absolute Gasteiger partial charge is 0.244 e. The lowest BCUT2D eigenvalue weighted by atomic mass is 9.98. The van der Waals surface area contributed by atoms with Gasteiger partial charge < -0.3 is 4.90 Å². The van der Waals surface area contributed by atoms with Crippen molar-refractivity contribution in [3.05, 3.63) is 65.7 Å². The maximum absolute atomic E-state index is 12.7. The Morgan fingerprint density at radius 3 is 2.26 bits per heavy atom. The van der Waals surface area contributed by atoms with Crippen molar-refractivity contribution in [3.8, 4) is 12.1 Å². The van der Waals surface area contributed by atoms with Gasteiger partial charge in [0.05, 0.1) is 17.7 Å². The topological polar surface area (TPSA) is 67.9 Å². The molecular weight excluding hydrogens is 286 g/mol. The van der Waals surface area contributed by atoms with Gasteiger partial charge in [0.1, 0.15) is 5.92 Å². The summed E-state index contributed by atoms with van der Waals surface area (Å²) in [4.78, 5) is 14.3. The molecule has 0 saturated carbocycles. The van der Waals surface area contributed by atoms with Crippen LogP contribution in [0.25, 0.3) is 0 Å². The Kier molecular flexibility index (Phi) is 5.50. The summed E-state index contributed by atoms with van der Waals surface area (Å²) in [5.74, 6) is -0.950. The van der Waals surface area contributed by atoms with E-state index >= 15 is 0 Å². The fraction of sp³-hybridized carbons (Fsp3) is 0.211. The summed E-state index contributed by atoms with van der Waals surface area (Å²) < 4.78 is 0. The van der Waals surface area contributed by atoms with E-state index in [1.165, 1.54) is 0 Å². The minimum absolute atomic E-state index is 0.203. The van der Waals surface area contributed by atoms with Gasteiger partial charge >= 0.3 is 0 Å². The summed E-state index contributed by atoms with van der Waals surface area (Å²) in [5.41, 5.74) is 2.22. The molecule has 0 radical (unpaired) electrons. The minimum atomic E-state index is -0.747. The van der Waals surface area contributed by atoms with Gasteiger partial charge in [-0.25, -0.2) is 0 Å². The zero-order valence-corrected chi connectivity index (χ0v) is 12.9. The summed E-state index contributed by atoms with van der Waals surface area (Å²) in [6.07, 6.45) is 0.338. The van der Waals surface area contributed by atoms with Gasteiger partial charge in [0, 0.05) is 12.2 Å². The summed E-state index contributed by atoms with van der Waals surface area (Å²) in [6.45, 7) is 2.40. The Morgan fingerprint density at radius 1 is 1.09 bits per heavy atom. The number of nitriles is 2. The second-order valence-corrected chi connectivity index (χ2v) is 5.11. The van der Waals surface area contributed by atoms with Crippen LogP contribution in [0.2, 0.25) is 0 Å². The number of nitrogens with zero attached hydrogens (tertiary/aromatic N) is 3. The van der Waals surface area contributed by atoms with Crippen LogP contribution in [-0.2, 0) is 11.2 Å². The molecule has 4 heteroatoms. The van der Waals surface area contributed by atoms with Gasteiger partial charge in [0.25, 0.3) is 0 Å². The third-order valence-electron chi connectivity index (χ3n) is 3.63. The average molecular weight is 303 g/mol. The number of benzene rings is 2. The third kappa shape index (κ3) is 3.96. The first kappa shape index (κ1) is 16.3. The van der Waals surface area contributed by atoms with E-state index in [1.807, 2.05) is 37.3 Å². The lowest BCUT2D eigenvalue weighted by Gasteiger charge is -2.23. The van der Waals surface area contributed by atoms with Crippen molar-refractivity contribution in [2.24, 2.45) is 5.92 Å². The van der Waals surface area contributed by atoms with Crippen LogP contribution in [0.1, 0.15) is 18.1 Å². The number of hydrogen-bond acceptors (Lipinski definition) is 3. The molecule has 1 amide bonds. The largest absolute Gasteiger partial charge is 0.312 e. The van der Waals surface area contributed by atoms with E-state index in [0.29, 0.717) is 18.5 Å². The molecule has 0 aromatic heterocycles. The Balaban J connectivity index is 2.17. The molecule has 0 aliphatic carbocycles. The third-order valence-corrected chi connectivity index (χ3v) is 3.63. The SMILES string of the molecule is CCN(C(=O)C(C#N)Cc1ccc(C#N)cc1)c1ccccc1. The second-order valence-electron chi connectivity index (χ2n) is 5.11. The molecule has 0 N–H and O–H groups in total. The fourth-order valence-electron chi connectivity index (χ4n) is 2.40. The van der Waals surface area contributed by atoms with Gasteiger partial charge in [0.2, 0.25) is 5.91 Å². The van der Waals surface area contributed by atoms with Crippen molar-refractivity contribution in [1.29, 1.82) is 10.5 Å². The van der Waals surface area contributed by atoms with Crippen molar-refractivity contribution in [3.63, 3.8) is 0 Å². The highest BCUT2D eigenvalue weighted by atomic mass is 16.2. The van der Waals surface area contributed by atoms with E-state index in [1.54, 1.807) is 29.2 Å². The molecule has 4 nitrogen and oxygen atoms in total. The van der Waals surface area contributed by atoms with Crippen LogP contribution in [0.3, 0.4) is 0 Å². The molecule has 1 atom stereocenters. The summed E-state index contributed by atoms with van der Waals surface area (Å²) >= 11 is 0. The van der Waals surface area contributed by atoms with Crippen molar-refractivity contribution in [2.75, 3.05) is 11.4 Å². The van der Waals surface area contributed by atoms with Crippen LogP contribution in [0, 0.1) is 28.6 Å². The molecule has 2 rings (SSSR count). The maximum atomic E-state index is 12.7. The van der Waals surface area contributed by atoms with Gasteiger partial charge in [-0.1, -0.05) is 30.3 Å². The molecular formula is C19H17N3O. The molecule has 0 spiro atoms. The average Bonchev–Trinajstić information content (AvgIpc) is 2.61.